The molecule has 3 aliphatic rings. The van der Waals surface area contributed by atoms with Gasteiger partial charge in [-0.3, -0.25) is 4.79 Å². The summed E-state index contributed by atoms with van der Waals surface area (Å²) < 4.78 is 11.0. The van der Waals surface area contributed by atoms with E-state index in [1.165, 1.54) is 5.01 Å². The molecule has 0 unspecified atom stereocenters. The lowest BCUT2D eigenvalue weighted by molar-refractivity contribution is -0.124. The van der Waals surface area contributed by atoms with E-state index in [1.54, 1.807) is 13.1 Å². The number of rotatable bonds is 7. The first-order chi connectivity index (χ1) is 19.9. The van der Waals surface area contributed by atoms with Gasteiger partial charge in [-0.05, 0) is 84.1 Å². The summed E-state index contributed by atoms with van der Waals surface area (Å²) in [5.74, 6) is 5.85. The molecule has 10 heteroatoms. The van der Waals surface area contributed by atoms with Gasteiger partial charge < -0.3 is 19.5 Å². The third-order valence-corrected chi connectivity index (χ3v) is 9.50. The van der Waals surface area contributed by atoms with Crippen LogP contribution >= 0.6 is 11.3 Å². The molecule has 9 nitrogen and oxygen atoms in total. The van der Waals surface area contributed by atoms with Crippen LogP contribution in [0.3, 0.4) is 0 Å². The predicted octanol–water partition coefficient (Wildman–Crippen LogP) is 6.07. The Hall–Kier alpha value is -2.61. The minimum absolute atomic E-state index is 0.0334. The Morgan fingerprint density at radius 3 is 2.26 bits per heavy atom. The van der Waals surface area contributed by atoms with Crippen molar-refractivity contribution in [3.63, 3.8) is 0 Å². The molecule has 42 heavy (non-hydrogen) atoms. The Morgan fingerprint density at radius 2 is 1.67 bits per heavy atom. The van der Waals surface area contributed by atoms with Crippen LogP contribution < -0.4 is 10.3 Å². The minimum atomic E-state index is -1.03. The predicted molar refractivity (Wildman–Crippen MR) is 163 cm³/mol. The number of thiophene rings is 1. The molecule has 2 saturated carbocycles. The van der Waals surface area contributed by atoms with E-state index in [0.29, 0.717) is 55.4 Å². The molecule has 2 aliphatic carbocycles. The number of carbonyl (C=O) groups excluding carboxylic acids is 2. The fourth-order valence-electron chi connectivity index (χ4n) is 6.03. The van der Waals surface area contributed by atoms with Crippen molar-refractivity contribution in [1.82, 2.24) is 10.4 Å². The van der Waals surface area contributed by atoms with Crippen LogP contribution in [-0.4, -0.2) is 66.5 Å². The van der Waals surface area contributed by atoms with Crippen LogP contribution in [-0.2, 0) is 14.3 Å². The maximum atomic E-state index is 14.2. The number of nitrogens with zero attached hydrogens (tertiary/aromatic N) is 2. The molecule has 4 rings (SSSR count). The van der Waals surface area contributed by atoms with Crippen molar-refractivity contribution in [1.29, 1.82) is 0 Å². The molecule has 1 aromatic rings. The molecule has 1 aliphatic heterocycles. The number of anilines is 1. The summed E-state index contributed by atoms with van der Waals surface area (Å²) in [5, 5.41) is 11.6. The zero-order chi connectivity index (χ0) is 30.4. The molecule has 1 saturated heterocycles. The monoisotopic (exact) mass is 601 g/mol. The summed E-state index contributed by atoms with van der Waals surface area (Å²) in [6, 6.07) is 1.74. The minimum Gasteiger partial charge on any atom is -0.477 e. The second-order valence-electron chi connectivity index (χ2n) is 13.2. The van der Waals surface area contributed by atoms with Crippen LogP contribution in [0.4, 0.5) is 10.5 Å². The van der Waals surface area contributed by atoms with E-state index in [-0.39, 0.29) is 40.3 Å². The quantitative estimate of drug-likeness (QED) is 0.289. The van der Waals surface area contributed by atoms with Crippen molar-refractivity contribution in [2.24, 2.45) is 17.3 Å². The zero-order valence-electron chi connectivity index (χ0n) is 25.7. The smallest absolute Gasteiger partial charge is 0.424 e. The lowest BCUT2D eigenvalue weighted by Gasteiger charge is -2.40. The molecule has 2 heterocycles. The SMILES string of the molecule is CC1CCC(C(=O)N(c2cc(C#CC(C)(C)C)sc2C(=O)O)C2CCC(NN(C)C(=O)OC3CCOCC3)CC2)CC1. The Bertz CT molecular complexity index is 1160. The summed E-state index contributed by atoms with van der Waals surface area (Å²) >= 11 is 1.15. The molecule has 232 valence electrons. The van der Waals surface area contributed by atoms with Gasteiger partial charge in [0.25, 0.3) is 0 Å². The number of hydrogen-bond donors (Lipinski definition) is 2. The number of hydrogen-bond acceptors (Lipinski definition) is 7. The maximum absolute atomic E-state index is 14.2. The number of carboxylic acids is 1. The van der Waals surface area contributed by atoms with E-state index in [0.717, 1.165) is 49.9 Å². The molecular formula is C32H47N3O6S. The third-order valence-electron chi connectivity index (χ3n) is 8.48. The molecule has 0 radical (unpaired) electrons. The first-order valence-corrected chi connectivity index (χ1v) is 16.2. The molecule has 1 aromatic heterocycles. The fourth-order valence-corrected chi connectivity index (χ4v) is 6.87. The topological polar surface area (TPSA) is 108 Å². The fraction of sp³-hybridized carbons (Fsp3) is 0.719. The van der Waals surface area contributed by atoms with Crippen LogP contribution in [0.15, 0.2) is 6.07 Å². The average Bonchev–Trinajstić information content (AvgIpc) is 3.38. The van der Waals surface area contributed by atoms with Crippen molar-refractivity contribution in [2.45, 2.75) is 110 Å². The van der Waals surface area contributed by atoms with E-state index in [1.807, 2.05) is 25.7 Å². The van der Waals surface area contributed by atoms with Gasteiger partial charge in [0.1, 0.15) is 11.0 Å². The van der Waals surface area contributed by atoms with Crippen LogP contribution in [0.5, 0.6) is 0 Å². The van der Waals surface area contributed by atoms with Gasteiger partial charge in [0.15, 0.2) is 0 Å². The highest BCUT2D eigenvalue weighted by Crippen LogP contribution is 2.39. The van der Waals surface area contributed by atoms with Gasteiger partial charge in [-0.1, -0.05) is 18.8 Å². The number of carboxylic acid groups (broad SMARTS) is 1. The van der Waals surface area contributed by atoms with Crippen molar-refractivity contribution >= 4 is 35.0 Å². The summed E-state index contributed by atoms with van der Waals surface area (Å²) in [4.78, 5) is 41.8. The number of aromatic carboxylic acids is 1. The maximum Gasteiger partial charge on any atom is 0.424 e. The molecule has 3 fully saturated rings. The molecule has 2 amide bonds. The Morgan fingerprint density at radius 1 is 1.02 bits per heavy atom. The van der Waals surface area contributed by atoms with Crippen molar-refractivity contribution in [3.05, 3.63) is 15.8 Å². The Labute approximate surface area is 254 Å². The molecule has 0 aromatic carbocycles. The summed E-state index contributed by atoms with van der Waals surface area (Å²) in [6.07, 6.45) is 7.46. The van der Waals surface area contributed by atoms with Crippen LogP contribution in [0.2, 0.25) is 0 Å². The molecule has 0 spiro atoms. The Kier molecular flexibility index (Phi) is 11.0. The summed E-state index contributed by atoms with van der Waals surface area (Å²) in [7, 11) is 1.68. The zero-order valence-corrected chi connectivity index (χ0v) is 26.6. The van der Waals surface area contributed by atoms with Gasteiger partial charge in [-0.15, -0.1) is 11.3 Å². The first kappa shape index (κ1) is 32.3. The molecule has 0 bridgehead atoms. The number of nitrogens with one attached hydrogen (secondary N) is 1. The van der Waals surface area contributed by atoms with Gasteiger partial charge in [-0.25, -0.2) is 20.0 Å². The molecular weight excluding hydrogens is 554 g/mol. The summed E-state index contributed by atoms with van der Waals surface area (Å²) in [5.41, 5.74) is 3.53. The average molecular weight is 602 g/mol. The van der Waals surface area contributed by atoms with Gasteiger partial charge >= 0.3 is 12.1 Å². The lowest BCUT2D eigenvalue weighted by atomic mass is 9.81. The standard InChI is InChI=1S/C32H47N3O6S/c1-21-6-8-22(9-7-21)29(36)35(27-20-26(14-17-32(2,3)4)42-28(27)30(37)38)24-12-10-23(11-13-24)33-34(5)31(39)41-25-15-18-40-19-16-25/h20-25,33H,6-13,15-16,18-19H2,1-5H3,(H,37,38). The largest absolute Gasteiger partial charge is 0.477 e. The second kappa shape index (κ2) is 14.2. The van der Waals surface area contributed by atoms with E-state index in [2.05, 4.69) is 24.2 Å². The highest BCUT2D eigenvalue weighted by atomic mass is 32.1. The van der Waals surface area contributed by atoms with E-state index >= 15 is 0 Å². The van der Waals surface area contributed by atoms with Crippen LogP contribution in [0, 0.1) is 29.1 Å². The van der Waals surface area contributed by atoms with E-state index in [9.17, 15) is 19.5 Å². The van der Waals surface area contributed by atoms with Crippen molar-refractivity contribution in [3.8, 4) is 11.8 Å². The first-order valence-electron chi connectivity index (χ1n) is 15.4. The number of ether oxygens (including phenoxy) is 2. The molecule has 0 atom stereocenters. The summed E-state index contributed by atoms with van der Waals surface area (Å²) in [6.45, 7) is 9.48. The van der Waals surface area contributed by atoms with E-state index < -0.39 is 12.1 Å². The van der Waals surface area contributed by atoms with Crippen LogP contribution in [0.25, 0.3) is 0 Å². The lowest BCUT2D eigenvalue weighted by Crippen LogP contribution is -2.51. The third kappa shape index (κ3) is 8.71. The van der Waals surface area contributed by atoms with E-state index in [4.69, 9.17) is 9.47 Å². The number of hydrazine groups is 1. The van der Waals surface area contributed by atoms with Gasteiger partial charge in [0, 0.05) is 43.3 Å². The van der Waals surface area contributed by atoms with Gasteiger partial charge in [0.2, 0.25) is 5.91 Å². The normalized spacial score (nSPS) is 25.2. The van der Waals surface area contributed by atoms with Crippen LogP contribution in [0.1, 0.15) is 106 Å². The highest BCUT2D eigenvalue weighted by molar-refractivity contribution is 7.15. The number of amides is 2. The van der Waals surface area contributed by atoms with Crippen molar-refractivity contribution < 1.29 is 29.0 Å². The second-order valence-corrected chi connectivity index (χ2v) is 14.2. The Balaban J connectivity index is 1.49. The highest BCUT2D eigenvalue weighted by Gasteiger charge is 2.38. The van der Waals surface area contributed by atoms with Gasteiger partial charge in [-0.2, -0.15) is 0 Å². The van der Waals surface area contributed by atoms with Crippen molar-refractivity contribution in [2.75, 3.05) is 25.2 Å². The molecule has 2 N–H and O–H groups in total. The number of carbonyl (C=O) groups is 3. The van der Waals surface area contributed by atoms with Gasteiger partial charge in [0.05, 0.1) is 23.8 Å².